The van der Waals surface area contributed by atoms with E-state index in [2.05, 4.69) is 0 Å². The lowest BCUT2D eigenvalue weighted by atomic mass is 10.2. The third kappa shape index (κ3) is 3.15. The molecule has 106 valence electrons. The fraction of sp³-hybridized carbons (Fsp3) is 0.250. The second-order valence-corrected chi connectivity index (χ2v) is 4.51. The van der Waals surface area contributed by atoms with Gasteiger partial charge in [-0.15, -0.1) is 0 Å². The summed E-state index contributed by atoms with van der Waals surface area (Å²) in [6.07, 6.45) is 0. The molecule has 0 saturated carbocycles. The fourth-order valence-electron chi connectivity index (χ4n) is 1.95. The van der Waals surface area contributed by atoms with Crippen LogP contribution in [0.25, 0.3) is 0 Å². The van der Waals surface area contributed by atoms with Crippen LogP contribution < -0.4 is 19.9 Å². The normalized spacial score (nSPS) is 10.2. The second kappa shape index (κ2) is 6.19. The molecule has 0 amide bonds. The molecule has 2 aromatic carbocycles. The van der Waals surface area contributed by atoms with Gasteiger partial charge >= 0.3 is 0 Å². The number of rotatable bonds is 5. The van der Waals surface area contributed by atoms with Crippen LogP contribution in [0.15, 0.2) is 36.4 Å². The van der Waals surface area contributed by atoms with Gasteiger partial charge in [-0.05, 0) is 42.8 Å². The Morgan fingerprint density at radius 2 is 1.70 bits per heavy atom. The SMILES string of the molecule is COc1ccc(OC)c(COc2ccc(C)cc2N)c1. The van der Waals surface area contributed by atoms with Crippen molar-refractivity contribution in [2.45, 2.75) is 13.5 Å². The molecule has 2 N–H and O–H groups in total. The second-order valence-electron chi connectivity index (χ2n) is 4.51. The van der Waals surface area contributed by atoms with E-state index >= 15 is 0 Å². The quantitative estimate of drug-likeness (QED) is 0.850. The largest absolute Gasteiger partial charge is 0.497 e. The van der Waals surface area contributed by atoms with Crippen molar-refractivity contribution < 1.29 is 14.2 Å². The molecule has 0 saturated heterocycles. The molecular formula is C16H19NO3. The molecule has 0 atom stereocenters. The minimum atomic E-state index is 0.369. The van der Waals surface area contributed by atoms with Crippen LogP contribution in [0.1, 0.15) is 11.1 Å². The van der Waals surface area contributed by atoms with Gasteiger partial charge in [-0.1, -0.05) is 6.07 Å². The number of nitrogen functional groups attached to an aromatic ring is 1. The third-order valence-electron chi connectivity index (χ3n) is 3.04. The molecule has 4 heteroatoms. The number of ether oxygens (including phenoxy) is 3. The Morgan fingerprint density at radius 1 is 0.950 bits per heavy atom. The van der Waals surface area contributed by atoms with Gasteiger partial charge in [0, 0.05) is 5.56 Å². The van der Waals surface area contributed by atoms with Gasteiger partial charge < -0.3 is 19.9 Å². The maximum atomic E-state index is 5.93. The average molecular weight is 273 g/mol. The molecule has 4 nitrogen and oxygen atoms in total. The first-order chi connectivity index (χ1) is 9.63. The lowest BCUT2D eigenvalue weighted by Gasteiger charge is -2.13. The zero-order valence-corrected chi connectivity index (χ0v) is 12.0. The molecule has 0 fully saturated rings. The molecule has 0 aliphatic heterocycles. The zero-order chi connectivity index (χ0) is 14.5. The van der Waals surface area contributed by atoms with Crippen molar-refractivity contribution in [1.29, 1.82) is 0 Å². The predicted octanol–water partition coefficient (Wildman–Crippen LogP) is 3.17. The van der Waals surface area contributed by atoms with E-state index in [1.54, 1.807) is 14.2 Å². The van der Waals surface area contributed by atoms with Crippen LogP contribution in [0.2, 0.25) is 0 Å². The Morgan fingerprint density at radius 3 is 2.35 bits per heavy atom. The van der Waals surface area contributed by atoms with Gasteiger partial charge in [0.05, 0.1) is 19.9 Å². The van der Waals surface area contributed by atoms with Crippen LogP contribution >= 0.6 is 0 Å². The average Bonchev–Trinajstić information content (AvgIpc) is 2.46. The zero-order valence-electron chi connectivity index (χ0n) is 12.0. The summed E-state index contributed by atoms with van der Waals surface area (Å²) in [5.41, 5.74) is 8.58. The molecule has 0 unspecified atom stereocenters. The number of anilines is 1. The van der Waals surface area contributed by atoms with E-state index < -0.39 is 0 Å². The lowest BCUT2D eigenvalue weighted by molar-refractivity contribution is 0.297. The molecule has 0 aliphatic rings. The summed E-state index contributed by atoms with van der Waals surface area (Å²) in [7, 11) is 3.26. The lowest BCUT2D eigenvalue weighted by Crippen LogP contribution is -2.01. The van der Waals surface area contributed by atoms with Crippen molar-refractivity contribution in [1.82, 2.24) is 0 Å². The van der Waals surface area contributed by atoms with E-state index in [0.717, 1.165) is 22.6 Å². The van der Waals surface area contributed by atoms with Gasteiger partial charge in [-0.25, -0.2) is 0 Å². The molecule has 0 heterocycles. The van der Waals surface area contributed by atoms with E-state index in [4.69, 9.17) is 19.9 Å². The molecule has 0 aromatic heterocycles. The smallest absolute Gasteiger partial charge is 0.142 e. The molecule has 0 radical (unpaired) electrons. The van der Waals surface area contributed by atoms with E-state index in [-0.39, 0.29) is 0 Å². The van der Waals surface area contributed by atoms with Crippen LogP contribution in [0, 0.1) is 6.92 Å². The first kappa shape index (κ1) is 14.1. The summed E-state index contributed by atoms with van der Waals surface area (Å²) in [6.45, 7) is 2.36. The highest BCUT2D eigenvalue weighted by molar-refractivity contribution is 5.54. The van der Waals surface area contributed by atoms with Gasteiger partial charge in [-0.2, -0.15) is 0 Å². The summed E-state index contributed by atoms with van der Waals surface area (Å²) in [5.74, 6) is 2.19. The number of methoxy groups -OCH3 is 2. The Bertz CT molecular complexity index is 596. The molecule has 0 spiro atoms. The summed E-state index contributed by atoms with van der Waals surface area (Å²) >= 11 is 0. The van der Waals surface area contributed by atoms with Crippen LogP contribution in [0.3, 0.4) is 0 Å². The van der Waals surface area contributed by atoms with Crippen LogP contribution in [-0.2, 0) is 6.61 Å². The van der Waals surface area contributed by atoms with Crippen LogP contribution in [0.4, 0.5) is 5.69 Å². The molecule has 2 aromatic rings. The van der Waals surface area contributed by atoms with Gasteiger partial charge in [0.15, 0.2) is 0 Å². The minimum Gasteiger partial charge on any atom is -0.497 e. The van der Waals surface area contributed by atoms with Crippen LogP contribution in [0.5, 0.6) is 17.2 Å². The predicted molar refractivity (Wildman–Crippen MR) is 79.5 cm³/mol. The van der Waals surface area contributed by atoms with Crippen molar-refractivity contribution in [3.63, 3.8) is 0 Å². The van der Waals surface area contributed by atoms with Gasteiger partial charge in [0.25, 0.3) is 0 Å². The first-order valence-electron chi connectivity index (χ1n) is 6.34. The Kier molecular flexibility index (Phi) is 4.35. The fourth-order valence-corrected chi connectivity index (χ4v) is 1.95. The van der Waals surface area contributed by atoms with Crippen molar-refractivity contribution >= 4 is 5.69 Å². The van der Waals surface area contributed by atoms with Crippen molar-refractivity contribution in [3.8, 4) is 17.2 Å². The standard InChI is InChI=1S/C16H19NO3/c1-11-4-6-16(14(17)8-11)20-10-12-9-13(18-2)5-7-15(12)19-3/h4-9H,10,17H2,1-3H3. The molecule has 2 rings (SSSR count). The molecule has 20 heavy (non-hydrogen) atoms. The highest BCUT2D eigenvalue weighted by Gasteiger charge is 2.07. The number of nitrogens with two attached hydrogens (primary N) is 1. The van der Waals surface area contributed by atoms with Gasteiger partial charge in [-0.3, -0.25) is 0 Å². The highest BCUT2D eigenvalue weighted by Crippen LogP contribution is 2.27. The van der Waals surface area contributed by atoms with Crippen molar-refractivity contribution in [2.75, 3.05) is 20.0 Å². The molecule has 0 bridgehead atoms. The van der Waals surface area contributed by atoms with Crippen molar-refractivity contribution in [2.24, 2.45) is 0 Å². The third-order valence-corrected chi connectivity index (χ3v) is 3.04. The highest BCUT2D eigenvalue weighted by atomic mass is 16.5. The summed E-state index contributed by atoms with van der Waals surface area (Å²) in [6, 6.07) is 11.3. The Balaban J connectivity index is 2.17. The summed E-state index contributed by atoms with van der Waals surface area (Å²) in [4.78, 5) is 0. The maximum Gasteiger partial charge on any atom is 0.142 e. The van der Waals surface area contributed by atoms with E-state index in [9.17, 15) is 0 Å². The van der Waals surface area contributed by atoms with Crippen molar-refractivity contribution in [3.05, 3.63) is 47.5 Å². The van der Waals surface area contributed by atoms with Gasteiger partial charge in [0.1, 0.15) is 23.9 Å². The van der Waals surface area contributed by atoms with E-state index in [1.807, 2.05) is 43.3 Å². The van der Waals surface area contributed by atoms with Gasteiger partial charge in [0.2, 0.25) is 0 Å². The summed E-state index contributed by atoms with van der Waals surface area (Å²) < 4.78 is 16.3. The summed E-state index contributed by atoms with van der Waals surface area (Å²) in [5, 5.41) is 0. The number of hydrogen-bond donors (Lipinski definition) is 1. The number of aryl methyl sites for hydroxylation is 1. The maximum absolute atomic E-state index is 5.93. The minimum absolute atomic E-state index is 0.369. The number of benzene rings is 2. The topological polar surface area (TPSA) is 53.7 Å². The molecule has 0 aliphatic carbocycles. The van der Waals surface area contributed by atoms with E-state index in [0.29, 0.717) is 18.0 Å². The molecular weight excluding hydrogens is 254 g/mol. The first-order valence-corrected chi connectivity index (χ1v) is 6.34. The van der Waals surface area contributed by atoms with E-state index in [1.165, 1.54) is 0 Å². The number of hydrogen-bond acceptors (Lipinski definition) is 4. The monoisotopic (exact) mass is 273 g/mol. The Labute approximate surface area is 119 Å². The van der Waals surface area contributed by atoms with Crippen LogP contribution in [-0.4, -0.2) is 14.2 Å². The Hall–Kier alpha value is -2.36.